The third kappa shape index (κ3) is 1.63. The van der Waals surface area contributed by atoms with Crippen molar-refractivity contribution < 1.29 is 9.53 Å². The van der Waals surface area contributed by atoms with E-state index < -0.39 is 11.5 Å². The van der Waals surface area contributed by atoms with Crippen molar-refractivity contribution in [3.05, 3.63) is 18.2 Å². The molecule has 0 aliphatic heterocycles. The van der Waals surface area contributed by atoms with E-state index in [0.29, 0.717) is 12.2 Å². The number of nitrogens with two attached hydrogens (primary N) is 1. The zero-order valence-electron chi connectivity index (χ0n) is 8.41. The maximum atomic E-state index is 11.4. The third-order valence-electron chi connectivity index (χ3n) is 2.23. The third-order valence-corrected chi connectivity index (χ3v) is 2.23. The summed E-state index contributed by atoms with van der Waals surface area (Å²) < 4.78 is 5.22. The van der Waals surface area contributed by atoms with Crippen molar-refractivity contribution in [2.24, 2.45) is 5.73 Å². The summed E-state index contributed by atoms with van der Waals surface area (Å²) in [7, 11) is 1.46. The molecule has 1 atom stereocenters. The van der Waals surface area contributed by atoms with Crippen LogP contribution in [-0.2, 0) is 15.1 Å². The standard InChI is InChI=1S/C9H15N3O2/c1-3-4-9(14-2,7(10)13)8-11-5-6-12-8/h5-6H,3-4H2,1-2H3,(H2,10,13)(H,11,12). The molecule has 14 heavy (non-hydrogen) atoms. The molecule has 1 aromatic heterocycles. The van der Waals surface area contributed by atoms with Gasteiger partial charge in [-0.3, -0.25) is 4.79 Å². The van der Waals surface area contributed by atoms with Gasteiger partial charge >= 0.3 is 0 Å². The number of hydrogen-bond acceptors (Lipinski definition) is 3. The van der Waals surface area contributed by atoms with Crippen LogP contribution in [0.3, 0.4) is 0 Å². The van der Waals surface area contributed by atoms with Crippen molar-refractivity contribution in [2.75, 3.05) is 7.11 Å². The fourth-order valence-electron chi connectivity index (χ4n) is 1.50. The Labute approximate surface area is 82.7 Å². The zero-order valence-corrected chi connectivity index (χ0v) is 8.41. The molecule has 0 bridgehead atoms. The summed E-state index contributed by atoms with van der Waals surface area (Å²) in [5.74, 6) is -0.0499. The second kappa shape index (κ2) is 4.23. The molecule has 0 aromatic carbocycles. The number of amides is 1. The Kier molecular flexibility index (Phi) is 3.24. The number of ether oxygens (including phenoxy) is 1. The van der Waals surface area contributed by atoms with E-state index in [1.807, 2.05) is 6.92 Å². The van der Waals surface area contributed by atoms with Gasteiger partial charge in [0.2, 0.25) is 5.60 Å². The number of carbonyl (C=O) groups is 1. The number of rotatable bonds is 5. The molecule has 3 N–H and O–H groups in total. The first-order valence-corrected chi connectivity index (χ1v) is 4.52. The molecule has 0 saturated carbocycles. The normalized spacial score (nSPS) is 15.0. The Morgan fingerprint density at radius 3 is 2.86 bits per heavy atom. The minimum Gasteiger partial charge on any atom is -0.367 e. The van der Waals surface area contributed by atoms with Crippen LogP contribution in [0.25, 0.3) is 0 Å². The van der Waals surface area contributed by atoms with E-state index in [-0.39, 0.29) is 0 Å². The lowest BCUT2D eigenvalue weighted by Gasteiger charge is -2.26. The van der Waals surface area contributed by atoms with E-state index in [4.69, 9.17) is 10.5 Å². The van der Waals surface area contributed by atoms with Crippen LogP contribution in [0.5, 0.6) is 0 Å². The van der Waals surface area contributed by atoms with E-state index in [1.165, 1.54) is 7.11 Å². The van der Waals surface area contributed by atoms with Crippen molar-refractivity contribution in [1.82, 2.24) is 9.97 Å². The van der Waals surface area contributed by atoms with Crippen LogP contribution >= 0.6 is 0 Å². The van der Waals surface area contributed by atoms with E-state index in [9.17, 15) is 4.79 Å². The number of nitrogens with one attached hydrogen (secondary N) is 1. The molecule has 1 rings (SSSR count). The molecule has 0 aliphatic rings. The van der Waals surface area contributed by atoms with Gasteiger partial charge in [0.05, 0.1) is 0 Å². The van der Waals surface area contributed by atoms with Gasteiger partial charge in [0.1, 0.15) is 5.82 Å². The molecule has 5 heteroatoms. The topological polar surface area (TPSA) is 81.0 Å². The second-order valence-electron chi connectivity index (χ2n) is 3.08. The lowest BCUT2D eigenvalue weighted by atomic mass is 9.96. The molecular formula is C9H15N3O2. The number of hydrogen-bond donors (Lipinski definition) is 2. The molecule has 0 aliphatic carbocycles. The van der Waals surface area contributed by atoms with Gasteiger partial charge in [-0.1, -0.05) is 13.3 Å². The molecule has 78 valence electrons. The van der Waals surface area contributed by atoms with Crippen molar-refractivity contribution in [2.45, 2.75) is 25.4 Å². The summed E-state index contributed by atoms with van der Waals surface area (Å²) in [5, 5.41) is 0. The van der Waals surface area contributed by atoms with Crippen LogP contribution in [-0.4, -0.2) is 23.0 Å². The number of aromatic amines is 1. The second-order valence-corrected chi connectivity index (χ2v) is 3.08. The Bertz CT molecular complexity index is 297. The molecule has 1 heterocycles. The predicted molar refractivity (Wildman–Crippen MR) is 51.4 cm³/mol. The first kappa shape index (κ1) is 10.7. The highest BCUT2D eigenvalue weighted by Gasteiger charge is 2.40. The summed E-state index contributed by atoms with van der Waals surface area (Å²) in [6.45, 7) is 1.96. The van der Waals surface area contributed by atoms with Gasteiger partial charge in [0, 0.05) is 19.5 Å². The van der Waals surface area contributed by atoms with E-state index >= 15 is 0 Å². The number of aromatic nitrogens is 2. The Morgan fingerprint density at radius 1 is 1.79 bits per heavy atom. The van der Waals surface area contributed by atoms with Gasteiger partial charge in [0.15, 0.2) is 0 Å². The quantitative estimate of drug-likeness (QED) is 0.722. The van der Waals surface area contributed by atoms with Gasteiger partial charge in [-0.05, 0) is 6.42 Å². The van der Waals surface area contributed by atoms with Crippen LogP contribution < -0.4 is 5.73 Å². The maximum absolute atomic E-state index is 11.4. The molecule has 0 fully saturated rings. The number of methoxy groups -OCH3 is 1. The van der Waals surface area contributed by atoms with Crippen molar-refractivity contribution >= 4 is 5.91 Å². The zero-order chi connectivity index (χ0) is 10.6. The lowest BCUT2D eigenvalue weighted by molar-refractivity contribution is -0.143. The van der Waals surface area contributed by atoms with Crippen molar-refractivity contribution in [1.29, 1.82) is 0 Å². The molecule has 1 amide bonds. The van der Waals surface area contributed by atoms with E-state index in [0.717, 1.165) is 6.42 Å². The van der Waals surface area contributed by atoms with Crippen LogP contribution in [0, 0.1) is 0 Å². The molecule has 0 saturated heterocycles. The van der Waals surface area contributed by atoms with Gasteiger partial charge in [-0.25, -0.2) is 4.98 Å². The highest BCUT2D eigenvalue weighted by Crippen LogP contribution is 2.27. The summed E-state index contributed by atoms with van der Waals surface area (Å²) in [6.07, 6.45) is 4.52. The average molecular weight is 197 g/mol. The van der Waals surface area contributed by atoms with Gasteiger partial charge in [-0.2, -0.15) is 0 Å². The van der Waals surface area contributed by atoms with Crippen molar-refractivity contribution in [3.8, 4) is 0 Å². The summed E-state index contributed by atoms with van der Waals surface area (Å²) in [5.41, 5.74) is 4.22. The average Bonchev–Trinajstić information content (AvgIpc) is 2.66. The number of nitrogens with zero attached hydrogens (tertiary/aromatic N) is 1. The van der Waals surface area contributed by atoms with E-state index in [1.54, 1.807) is 12.4 Å². The summed E-state index contributed by atoms with van der Waals surface area (Å²) in [6, 6.07) is 0. The SMILES string of the molecule is CCCC(OC)(C(N)=O)c1ncc[nH]1. The highest BCUT2D eigenvalue weighted by molar-refractivity contribution is 5.84. The first-order valence-electron chi connectivity index (χ1n) is 4.52. The summed E-state index contributed by atoms with van der Waals surface area (Å²) in [4.78, 5) is 18.3. The highest BCUT2D eigenvalue weighted by atomic mass is 16.5. The number of imidazole rings is 1. The Balaban J connectivity index is 3.07. The largest absolute Gasteiger partial charge is 0.367 e. The smallest absolute Gasteiger partial charge is 0.257 e. The molecular weight excluding hydrogens is 182 g/mol. The molecule has 1 aromatic rings. The van der Waals surface area contributed by atoms with Crippen LogP contribution in [0.15, 0.2) is 12.4 Å². The minimum atomic E-state index is -1.11. The lowest BCUT2D eigenvalue weighted by Crippen LogP contribution is -2.43. The Morgan fingerprint density at radius 2 is 2.50 bits per heavy atom. The number of H-pyrrole nitrogens is 1. The van der Waals surface area contributed by atoms with Gasteiger partial charge in [-0.15, -0.1) is 0 Å². The fraction of sp³-hybridized carbons (Fsp3) is 0.556. The summed E-state index contributed by atoms with van der Waals surface area (Å²) >= 11 is 0. The molecule has 1 unspecified atom stereocenters. The Hall–Kier alpha value is -1.36. The fourth-order valence-corrected chi connectivity index (χ4v) is 1.50. The van der Waals surface area contributed by atoms with Crippen LogP contribution in [0.1, 0.15) is 25.6 Å². The minimum absolute atomic E-state index is 0.467. The predicted octanol–water partition coefficient (Wildman–Crippen LogP) is 0.537. The number of primary amides is 1. The molecule has 5 nitrogen and oxygen atoms in total. The van der Waals surface area contributed by atoms with Gasteiger partial charge in [0.25, 0.3) is 5.91 Å². The van der Waals surface area contributed by atoms with Crippen molar-refractivity contribution in [3.63, 3.8) is 0 Å². The maximum Gasteiger partial charge on any atom is 0.257 e. The molecule has 0 radical (unpaired) electrons. The van der Waals surface area contributed by atoms with E-state index in [2.05, 4.69) is 9.97 Å². The number of carbonyl (C=O) groups excluding carboxylic acids is 1. The van der Waals surface area contributed by atoms with Gasteiger partial charge < -0.3 is 15.5 Å². The monoisotopic (exact) mass is 197 g/mol. The first-order chi connectivity index (χ1) is 6.67. The molecule has 0 spiro atoms. The van der Waals surface area contributed by atoms with Crippen LogP contribution in [0.2, 0.25) is 0 Å². The van der Waals surface area contributed by atoms with Crippen LogP contribution in [0.4, 0.5) is 0 Å².